The quantitative estimate of drug-likeness (QED) is 0.415. The fraction of sp³-hybridized carbons (Fsp3) is 0.120. The SMILES string of the molecule is COc1cccc(C=Cc2nc3ccccc3c(=O)n2-c2cc(Cl)ccc2C)c1OC. The van der Waals surface area contributed by atoms with Gasteiger partial charge in [-0.05, 0) is 55.0 Å². The maximum Gasteiger partial charge on any atom is 0.266 e. The molecular formula is C25H21ClN2O3. The third-order valence-corrected chi connectivity index (χ3v) is 5.29. The van der Waals surface area contributed by atoms with E-state index >= 15 is 0 Å². The first kappa shape index (κ1) is 20.7. The molecule has 5 nitrogen and oxygen atoms in total. The minimum absolute atomic E-state index is 0.159. The molecule has 0 bridgehead atoms. The molecule has 0 saturated carbocycles. The molecule has 4 aromatic rings. The lowest BCUT2D eigenvalue weighted by atomic mass is 10.1. The average Bonchev–Trinajstić information content (AvgIpc) is 2.79. The van der Waals surface area contributed by atoms with E-state index in [1.807, 2.05) is 55.5 Å². The van der Waals surface area contributed by atoms with Gasteiger partial charge in [0.1, 0.15) is 5.82 Å². The van der Waals surface area contributed by atoms with Crippen molar-refractivity contribution in [2.45, 2.75) is 6.92 Å². The van der Waals surface area contributed by atoms with Crippen molar-refractivity contribution in [3.05, 3.63) is 93.0 Å². The number of benzene rings is 3. The highest BCUT2D eigenvalue weighted by molar-refractivity contribution is 6.30. The molecule has 0 aliphatic rings. The number of hydrogen-bond donors (Lipinski definition) is 0. The van der Waals surface area contributed by atoms with Crippen LogP contribution < -0.4 is 15.0 Å². The van der Waals surface area contributed by atoms with Crippen molar-refractivity contribution >= 4 is 34.7 Å². The van der Waals surface area contributed by atoms with Gasteiger partial charge < -0.3 is 9.47 Å². The number of rotatable bonds is 5. The zero-order valence-corrected chi connectivity index (χ0v) is 18.2. The Morgan fingerprint density at radius 3 is 2.55 bits per heavy atom. The lowest BCUT2D eigenvalue weighted by molar-refractivity contribution is 0.354. The summed E-state index contributed by atoms with van der Waals surface area (Å²) in [6.45, 7) is 1.94. The highest BCUT2D eigenvalue weighted by Crippen LogP contribution is 2.32. The van der Waals surface area contributed by atoms with E-state index in [2.05, 4.69) is 0 Å². The summed E-state index contributed by atoms with van der Waals surface area (Å²) in [5, 5.41) is 1.09. The van der Waals surface area contributed by atoms with Gasteiger partial charge in [0.05, 0.1) is 30.8 Å². The molecule has 0 fully saturated rings. The Balaban J connectivity index is 1.97. The van der Waals surface area contributed by atoms with Crippen LogP contribution >= 0.6 is 11.6 Å². The Kier molecular flexibility index (Phi) is 5.78. The summed E-state index contributed by atoms with van der Waals surface area (Å²) >= 11 is 6.25. The zero-order valence-electron chi connectivity index (χ0n) is 17.4. The second-order valence-electron chi connectivity index (χ2n) is 6.97. The Labute approximate surface area is 185 Å². The van der Waals surface area contributed by atoms with Crippen molar-refractivity contribution in [2.24, 2.45) is 0 Å². The molecule has 0 saturated heterocycles. The number of ether oxygens (including phenoxy) is 2. The van der Waals surface area contributed by atoms with Crippen LogP contribution in [0.15, 0.2) is 65.5 Å². The summed E-state index contributed by atoms with van der Waals surface area (Å²) in [7, 11) is 3.19. The number of halogens is 1. The molecule has 0 radical (unpaired) electrons. The molecule has 0 atom stereocenters. The van der Waals surface area contributed by atoms with E-state index in [0.717, 1.165) is 11.1 Å². The van der Waals surface area contributed by atoms with Gasteiger partial charge in [0.25, 0.3) is 5.56 Å². The van der Waals surface area contributed by atoms with Crippen molar-refractivity contribution in [3.8, 4) is 17.2 Å². The molecule has 156 valence electrons. The molecule has 4 rings (SSSR count). The molecule has 0 N–H and O–H groups in total. The van der Waals surface area contributed by atoms with Gasteiger partial charge in [-0.25, -0.2) is 4.98 Å². The molecule has 1 heterocycles. The van der Waals surface area contributed by atoms with Gasteiger partial charge >= 0.3 is 0 Å². The fourth-order valence-corrected chi connectivity index (χ4v) is 3.69. The smallest absolute Gasteiger partial charge is 0.266 e. The van der Waals surface area contributed by atoms with Crippen LogP contribution in [0.3, 0.4) is 0 Å². The van der Waals surface area contributed by atoms with E-state index in [1.165, 1.54) is 0 Å². The van der Waals surface area contributed by atoms with E-state index in [0.29, 0.717) is 38.9 Å². The summed E-state index contributed by atoms with van der Waals surface area (Å²) in [5.41, 5.74) is 2.87. The van der Waals surface area contributed by atoms with Gasteiger partial charge in [-0.15, -0.1) is 0 Å². The predicted molar refractivity (Wildman–Crippen MR) is 126 cm³/mol. The molecule has 0 aliphatic carbocycles. The van der Waals surface area contributed by atoms with E-state index in [9.17, 15) is 4.79 Å². The molecule has 0 aliphatic heterocycles. The van der Waals surface area contributed by atoms with Gasteiger partial charge in [-0.3, -0.25) is 9.36 Å². The number of hydrogen-bond acceptors (Lipinski definition) is 4. The second-order valence-corrected chi connectivity index (χ2v) is 7.41. The number of para-hydroxylation sites is 2. The monoisotopic (exact) mass is 432 g/mol. The van der Waals surface area contributed by atoms with E-state index < -0.39 is 0 Å². The van der Waals surface area contributed by atoms with Crippen LogP contribution in [-0.4, -0.2) is 23.8 Å². The topological polar surface area (TPSA) is 53.3 Å². The maximum atomic E-state index is 13.4. The zero-order chi connectivity index (χ0) is 22.0. The second kappa shape index (κ2) is 8.66. The van der Waals surface area contributed by atoms with Crippen molar-refractivity contribution in [1.82, 2.24) is 9.55 Å². The Morgan fingerprint density at radius 2 is 1.77 bits per heavy atom. The van der Waals surface area contributed by atoms with E-state index in [4.69, 9.17) is 26.1 Å². The van der Waals surface area contributed by atoms with Gasteiger partial charge in [0.2, 0.25) is 0 Å². The fourth-order valence-electron chi connectivity index (χ4n) is 3.53. The third-order valence-electron chi connectivity index (χ3n) is 5.06. The number of aromatic nitrogens is 2. The molecule has 6 heteroatoms. The van der Waals surface area contributed by atoms with Gasteiger partial charge in [0, 0.05) is 10.6 Å². The standard InChI is InChI=1S/C25H21ClN2O3/c1-16-11-13-18(26)15-21(16)28-23(27-20-9-5-4-8-19(20)25(28)29)14-12-17-7-6-10-22(30-2)24(17)31-3/h4-15H,1-3H3. The van der Waals surface area contributed by atoms with Crippen LogP contribution in [0.4, 0.5) is 0 Å². The minimum Gasteiger partial charge on any atom is -0.493 e. The molecule has 0 amide bonds. The summed E-state index contributed by atoms with van der Waals surface area (Å²) < 4.78 is 12.5. The van der Waals surface area contributed by atoms with Crippen LogP contribution in [0.1, 0.15) is 17.0 Å². The van der Waals surface area contributed by atoms with Crippen LogP contribution in [-0.2, 0) is 0 Å². The third kappa shape index (κ3) is 3.92. The number of methoxy groups -OCH3 is 2. The van der Waals surface area contributed by atoms with Crippen LogP contribution in [0.2, 0.25) is 5.02 Å². The van der Waals surface area contributed by atoms with Crippen molar-refractivity contribution in [3.63, 3.8) is 0 Å². The number of fused-ring (bicyclic) bond motifs is 1. The first-order valence-corrected chi connectivity index (χ1v) is 10.1. The summed E-state index contributed by atoms with van der Waals surface area (Å²) in [5.74, 6) is 1.72. The van der Waals surface area contributed by atoms with Crippen LogP contribution in [0.25, 0.3) is 28.7 Å². The lowest BCUT2D eigenvalue weighted by Gasteiger charge is -2.14. The Bertz CT molecular complexity index is 1360. The summed E-state index contributed by atoms with van der Waals surface area (Å²) in [6, 6.07) is 18.4. The predicted octanol–water partition coefficient (Wildman–Crippen LogP) is 5.54. The van der Waals surface area contributed by atoms with Crippen molar-refractivity contribution < 1.29 is 9.47 Å². The lowest BCUT2D eigenvalue weighted by Crippen LogP contribution is -2.23. The molecule has 3 aromatic carbocycles. The maximum absolute atomic E-state index is 13.4. The molecule has 0 spiro atoms. The van der Waals surface area contributed by atoms with Crippen LogP contribution in [0, 0.1) is 6.92 Å². The average molecular weight is 433 g/mol. The largest absolute Gasteiger partial charge is 0.493 e. The van der Waals surface area contributed by atoms with E-state index in [-0.39, 0.29) is 5.56 Å². The normalized spacial score (nSPS) is 11.2. The van der Waals surface area contributed by atoms with E-state index in [1.54, 1.807) is 43.1 Å². The molecule has 31 heavy (non-hydrogen) atoms. The Hall–Kier alpha value is -3.57. The van der Waals surface area contributed by atoms with Gasteiger partial charge in [0.15, 0.2) is 11.5 Å². The summed E-state index contributed by atoms with van der Waals surface area (Å²) in [6.07, 6.45) is 3.65. The molecule has 0 unspecified atom stereocenters. The highest BCUT2D eigenvalue weighted by atomic mass is 35.5. The van der Waals surface area contributed by atoms with Gasteiger partial charge in [-0.2, -0.15) is 0 Å². The highest BCUT2D eigenvalue weighted by Gasteiger charge is 2.14. The number of aryl methyl sites for hydroxylation is 1. The number of nitrogens with zero attached hydrogens (tertiary/aromatic N) is 2. The Morgan fingerprint density at radius 1 is 0.968 bits per heavy atom. The summed E-state index contributed by atoms with van der Waals surface area (Å²) in [4.78, 5) is 18.2. The molecule has 1 aromatic heterocycles. The first-order chi connectivity index (χ1) is 15.0. The van der Waals surface area contributed by atoms with Crippen molar-refractivity contribution in [1.29, 1.82) is 0 Å². The molecular weight excluding hydrogens is 412 g/mol. The first-order valence-electron chi connectivity index (χ1n) is 9.71. The minimum atomic E-state index is -0.159. The van der Waals surface area contributed by atoms with Crippen LogP contribution in [0.5, 0.6) is 11.5 Å². The van der Waals surface area contributed by atoms with Gasteiger partial charge in [-0.1, -0.05) is 41.9 Å². The van der Waals surface area contributed by atoms with Crippen molar-refractivity contribution in [2.75, 3.05) is 14.2 Å².